The van der Waals surface area contributed by atoms with Crippen LogP contribution in [-0.4, -0.2) is 41.9 Å². The second kappa shape index (κ2) is 8.90. The van der Waals surface area contributed by atoms with Crippen LogP contribution < -0.4 is 5.32 Å². The van der Waals surface area contributed by atoms with Gasteiger partial charge in [-0.15, -0.1) is 0 Å². The highest BCUT2D eigenvalue weighted by Gasteiger charge is 2.49. The molecule has 0 bridgehead atoms. The van der Waals surface area contributed by atoms with E-state index in [1.54, 1.807) is 13.8 Å². The molecule has 0 rings (SSSR count). The Morgan fingerprint density at radius 2 is 1.58 bits per heavy atom. The Morgan fingerprint density at radius 1 is 1.11 bits per heavy atom. The minimum atomic E-state index is -1.76. The summed E-state index contributed by atoms with van der Waals surface area (Å²) in [7, 11) is 0. The molecule has 1 N–H and O–H groups in total. The van der Waals surface area contributed by atoms with Crippen molar-refractivity contribution in [2.24, 2.45) is 0 Å². The fourth-order valence-electron chi connectivity index (χ4n) is 1.59. The Kier molecular flexibility index (Phi) is 8.38. The summed E-state index contributed by atoms with van der Waals surface area (Å²) in [5, 5.41) is 2.98. The van der Waals surface area contributed by atoms with E-state index in [0.29, 0.717) is 11.8 Å². The van der Waals surface area contributed by atoms with Gasteiger partial charge in [-0.05, 0) is 26.7 Å². The molecule has 0 aromatic heterocycles. The number of hydrogen-bond acceptors (Lipinski definition) is 5. The first-order valence-corrected chi connectivity index (χ1v) is 7.25. The summed E-state index contributed by atoms with van der Waals surface area (Å²) < 4.78 is 9.81. The van der Waals surface area contributed by atoms with Crippen molar-refractivity contribution in [3.63, 3.8) is 0 Å². The van der Waals surface area contributed by atoms with E-state index in [2.05, 4.69) is 21.2 Å². The average molecular weight is 338 g/mol. The standard InChI is InChI=1S/C12H20BrNO5/c1-4-18-10(16)12(7-6-8-13,14-9(3)15)11(17)19-5-2/h4-8H2,1-3H3,(H,14,15). The van der Waals surface area contributed by atoms with Crippen LogP contribution in [0.5, 0.6) is 0 Å². The van der Waals surface area contributed by atoms with Gasteiger partial charge in [-0.2, -0.15) is 0 Å². The molecule has 0 aromatic carbocycles. The van der Waals surface area contributed by atoms with Gasteiger partial charge >= 0.3 is 11.9 Å². The molecule has 1 amide bonds. The number of carbonyl (C=O) groups excluding carboxylic acids is 3. The molecular formula is C12H20BrNO5. The lowest BCUT2D eigenvalue weighted by atomic mass is 9.93. The lowest BCUT2D eigenvalue weighted by Gasteiger charge is -2.29. The van der Waals surface area contributed by atoms with Crippen LogP contribution in [0, 0.1) is 0 Å². The predicted octanol–water partition coefficient (Wildman–Crippen LogP) is 1.16. The van der Waals surface area contributed by atoms with Gasteiger partial charge in [0.2, 0.25) is 11.4 Å². The van der Waals surface area contributed by atoms with Crippen LogP contribution in [0.4, 0.5) is 0 Å². The zero-order chi connectivity index (χ0) is 14.9. The fourth-order valence-corrected chi connectivity index (χ4v) is 1.87. The number of rotatable bonds is 8. The number of hydrogen-bond donors (Lipinski definition) is 1. The normalized spacial score (nSPS) is 10.7. The molecule has 0 spiro atoms. The van der Waals surface area contributed by atoms with Crippen LogP contribution in [0.2, 0.25) is 0 Å². The van der Waals surface area contributed by atoms with Gasteiger partial charge in [-0.3, -0.25) is 4.79 Å². The van der Waals surface area contributed by atoms with Gasteiger partial charge in [0.25, 0.3) is 0 Å². The summed E-state index contributed by atoms with van der Waals surface area (Å²) in [5.74, 6) is -2.06. The van der Waals surface area contributed by atoms with Crippen LogP contribution in [0.15, 0.2) is 0 Å². The Bertz CT molecular complexity index is 314. The van der Waals surface area contributed by atoms with Gasteiger partial charge in [0, 0.05) is 12.3 Å². The van der Waals surface area contributed by atoms with Gasteiger partial charge in [-0.25, -0.2) is 9.59 Å². The van der Waals surface area contributed by atoms with E-state index in [1.807, 2.05) is 0 Å². The highest BCUT2D eigenvalue weighted by atomic mass is 79.9. The predicted molar refractivity (Wildman–Crippen MR) is 72.8 cm³/mol. The zero-order valence-corrected chi connectivity index (χ0v) is 13.0. The first-order chi connectivity index (χ1) is 8.94. The number of ether oxygens (including phenoxy) is 2. The van der Waals surface area contributed by atoms with E-state index in [-0.39, 0.29) is 19.6 Å². The Labute approximate surface area is 121 Å². The third-order valence-electron chi connectivity index (χ3n) is 2.32. The molecule has 0 atom stereocenters. The zero-order valence-electron chi connectivity index (χ0n) is 11.5. The average Bonchev–Trinajstić information content (AvgIpc) is 2.34. The highest BCUT2D eigenvalue weighted by molar-refractivity contribution is 9.09. The third kappa shape index (κ3) is 5.18. The molecule has 7 heteroatoms. The van der Waals surface area contributed by atoms with Crippen molar-refractivity contribution in [1.82, 2.24) is 5.32 Å². The summed E-state index contributed by atoms with van der Waals surface area (Å²) in [4.78, 5) is 35.4. The van der Waals surface area contributed by atoms with Crippen molar-refractivity contribution >= 4 is 33.8 Å². The number of halogens is 1. The van der Waals surface area contributed by atoms with Crippen molar-refractivity contribution in [2.75, 3.05) is 18.5 Å². The molecule has 0 aromatic rings. The molecule has 6 nitrogen and oxygen atoms in total. The molecule has 0 saturated carbocycles. The fraction of sp³-hybridized carbons (Fsp3) is 0.750. The van der Waals surface area contributed by atoms with Crippen molar-refractivity contribution in [1.29, 1.82) is 0 Å². The van der Waals surface area contributed by atoms with E-state index >= 15 is 0 Å². The Hall–Kier alpha value is -1.11. The molecule has 0 aliphatic carbocycles. The summed E-state index contributed by atoms with van der Waals surface area (Å²) in [5.41, 5.74) is -1.76. The molecule has 0 fully saturated rings. The number of amides is 1. The molecule has 0 saturated heterocycles. The van der Waals surface area contributed by atoms with Crippen LogP contribution in [0.3, 0.4) is 0 Å². The second-order valence-corrected chi connectivity index (χ2v) is 4.61. The van der Waals surface area contributed by atoms with Crippen molar-refractivity contribution in [2.45, 2.75) is 39.2 Å². The van der Waals surface area contributed by atoms with Crippen LogP contribution in [0.25, 0.3) is 0 Å². The van der Waals surface area contributed by atoms with E-state index in [9.17, 15) is 14.4 Å². The summed E-state index contributed by atoms with van der Waals surface area (Å²) in [6.45, 7) is 4.74. The van der Waals surface area contributed by atoms with Crippen molar-refractivity contribution in [3.05, 3.63) is 0 Å². The summed E-state index contributed by atoms with van der Waals surface area (Å²) in [6.07, 6.45) is 0.632. The molecule has 0 aliphatic rings. The molecule has 0 radical (unpaired) electrons. The Morgan fingerprint density at radius 3 is 1.89 bits per heavy atom. The molecule has 0 heterocycles. The second-order valence-electron chi connectivity index (χ2n) is 3.82. The topological polar surface area (TPSA) is 81.7 Å². The lowest BCUT2D eigenvalue weighted by Crippen LogP contribution is -2.61. The first kappa shape index (κ1) is 17.9. The summed E-state index contributed by atoms with van der Waals surface area (Å²) in [6, 6.07) is 0. The number of esters is 2. The van der Waals surface area contributed by atoms with Crippen molar-refractivity contribution < 1.29 is 23.9 Å². The van der Waals surface area contributed by atoms with E-state index in [0.717, 1.165) is 0 Å². The number of carbonyl (C=O) groups is 3. The lowest BCUT2D eigenvalue weighted by molar-refractivity contribution is -0.168. The maximum Gasteiger partial charge on any atom is 0.343 e. The SMILES string of the molecule is CCOC(=O)C(CCCBr)(NC(C)=O)C(=O)OCC. The largest absolute Gasteiger partial charge is 0.464 e. The first-order valence-electron chi connectivity index (χ1n) is 6.13. The van der Waals surface area contributed by atoms with Gasteiger partial charge in [0.05, 0.1) is 13.2 Å². The van der Waals surface area contributed by atoms with Gasteiger partial charge in [0.15, 0.2) is 0 Å². The van der Waals surface area contributed by atoms with E-state index < -0.39 is 23.4 Å². The smallest absolute Gasteiger partial charge is 0.343 e. The van der Waals surface area contributed by atoms with Crippen LogP contribution >= 0.6 is 15.9 Å². The highest BCUT2D eigenvalue weighted by Crippen LogP contribution is 2.19. The van der Waals surface area contributed by atoms with Crippen LogP contribution in [0.1, 0.15) is 33.6 Å². The van der Waals surface area contributed by atoms with E-state index in [1.165, 1.54) is 6.92 Å². The van der Waals surface area contributed by atoms with Gasteiger partial charge < -0.3 is 14.8 Å². The molecule has 0 unspecified atom stereocenters. The van der Waals surface area contributed by atoms with Gasteiger partial charge in [-0.1, -0.05) is 15.9 Å². The molecular weight excluding hydrogens is 318 g/mol. The minimum absolute atomic E-state index is 0.119. The summed E-state index contributed by atoms with van der Waals surface area (Å²) >= 11 is 3.23. The van der Waals surface area contributed by atoms with Gasteiger partial charge in [0.1, 0.15) is 0 Å². The maximum absolute atomic E-state index is 12.1. The van der Waals surface area contributed by atoms with E-state index in [4.69, 9.17) is 9.47 Å². The van der Waals surface area contributed by atoms with Crippen LogP contribution in [-0.2, 0) is 23.9 Å². The molecule has 110 valence electrons. The number of nitrogens with one attached hydrogen (secondary N) is 1. The maximum atomic E-state index is 12.1. The minimum Gasteiger partial charge on any atom is -0.464 e. The quantitative estimate of drug-likeness (QED) is 0.408. The van der Waals surface area contributed by atoms with Crippen molar-refractivity contribution in [3.8, 4) is 0 Å². The third-order valence-corrected chi connectivity index (χ3v) is 2.88. The Balaban J connectivity index is 5.35. The number of alkyl halides is 1. The monoisotopic (exact) mass is 337 g/mol. The molecule has 0 aliphatic heterocycles. The molecule has 19 heavy (non-hydrogen) atoms.